The smallest absolute Gasteiger partial charge is 0.227 e. The van der Waals surface area contributed by atoms with E-state index in [1.807, 2.05) is 36.4 Å². The lowest BCUT2D eigenvalue weighted by molar-refractivity contribution is 0.620. The molecule has 0 saturated heterocycles. The minimum absolute atomic E-state index is 0.635. The van der Waals surface area contributed by atoms with E-state index in [1.165, 1.54) is 33.0 Å². The Kier molecular flexibility index (Phi) is 7.81. The molecule has 9 aromatic carbocycles. The number of hydrogen-bond acceptors (Lipinski definition) is 3. The van der Waals surface area contributed by atoms with Gasteiger partial charge in [0.1, 0.15) is 5.52 Å². The standard InChI is InChI=1S/C51H34N2O/c1-4-10-35(11-5-1)37-20-26-45(27-21-37)53(46-28-22-38(23-29-46)36-12-6-2-7-13-36)47-30-24-39-16-18-42(32-44(39)33-47)43-19-17-40-25-31-49-50(48(40)34-43)52-51(54-49)41-14-8-3-9-15-41/h1-34H. The van der Waals surface area contributed by atoms with Crippen LogP contribution in [0, 0.1) is 0 Å². The predicted molar refractivity (Wildman–Crippen MR) is 225 cm³/mol. The van der Waals surface area contributed by atoms with Crippen molar-refractivity contribution in [3.63, 3.8) is 0 Å². The largest absolute Gasteiger partial charge is 0.436 e. The molecule has 0 aliphatic carbocycles. The molecule has 0 spiro atoms. The molecular formula is C51H34N2O. The minimum Gasteiger partial charge on any atom is -0.436 e. The first-order valence-electron chi connectivity index (χ1n) is 18.3. The third-order valence-corrected chi connectivity index (χ3v) is 10.3. The van der Waals surface area contributed by atoms with E-state index < -0.39 is 0 Å². The Labute approximate surface area is 314 Å². The van der Waals surface area contributed by atoms with Crippen LogP contribution < -0.4 is 4.90 Å². The molecule has 0 aliphatic heterocycles. The number of oxazole rings is 1. The minimum atomic E-state index is 0.635. The van der Waals surface area contributed by atoms with Crippen LogP contribution in [0.1, 0.15) is 0 Å². The SMILES string of the molecule is c1ccc(-c2ccc(N(c3ccc(-c4ccccc4)cc3)c3ccc4ccc(-c5ccc6ccc7oc(-c8ccccc8)nc7c6c5)cc4c3)cc2)cc1. The molecule has 0 atom stereocenters. The molecule has 0 unspecified atom stereocenters. The number of hydrogen-bond donors (Lipinski definition) is 0. The molecule has 10 rings (SSSR count). The quantitative estimate of drug-likeness (QED) is 0.167. The topological polar surface area (TPSA) is 29.3 Å². The molecule has 10 aromatic rings. The molecule has 54 heavy (non-hydrogen) atoms. The molecule has 0 aliphatic rings. The van der Waals surface area contributed by atoms with E-state index in [0.29, 0.717) is 5.89 Å². The van der Waals surface area contributed by atoms with Gasteiger partial charge in [-0.25, -0.2) is 4.98 Å². The monoisotopic (exact) mass is 690 g/mol. The van der Waals surface area contributed by atoms with Gasteiger partial charge in [-0.3, -0.25) is 0 Å². The summed E-state index contributed by atoms with van der Waals surface area (Å²) in [4.78, 5) is 7.30. The first-order chi connectivity index (χ1) is 26.7. The van der Waals surface area contributed by atoms with Crippen molar-refractivity contribution >= 4 is 49.7 Å². The van der Waals surface area contributed by atoms with E-state index in [4.69, 9.17) is 9.40 Å². The average Bonchev–Trinajstić information content (AvgIpc) is 3.70. The Morgan fingerprint density at radius 2 is 0.796 bits per heavy atom. The number of aromatic nitrogens is 1. The summed E-state index contributed by atoms with van der Waals surface area (Å²) in [6, 6.07) is 73.1. The van der Waals surface area contributed by atoms with E-state index in [1.54, 1.807) is 0 Å². The van der Waals surface area contributed by atoms with Crippen LogP contribution in [0.5, 0.6) is 0 Å². The van der Waals surface area contributed by atoms with Gasteiger partial charge in [0.05, 0.1) is 0 Å². The normalized spacial score (nSPS) is 11.3. The molecule has 1 aromatic heterocycles. The molecule has 254 valence electrons. The van der Waals surface area contributed by atoms with Crippen molar-refractivity contribution in [2.75, 3.05) is 4.90 Å². The van der Waals surface area contributed by atoms with Gasteiger partial charge in [-0.1, -0.05) is 140 Å². The molecular weight excluding hydrogens is 657 g/mol. The number of anilines is 3. The van der Waals surface area contributed by atoms with Crippen LogP contribution >= 0.6 is 0 Å². The second kappa shape index (κ2) is 13.4. The predicted octanol–water partition coefficient (Wildman–Crippen LogP) is 14.3. The van der Waals surface area contributed by atoms with Gasteiger partial charge in [-0.2, -0.15) is 0 Å². The van der Waals surface area contributed by atoms with Gasteiger partial charge < -0.3 is 9.32 Å². The summed E-state index contributed by atoms with van der Waals surface area (Å²) in [5.41, 5.74) is 13.0. The van der Waals surface area contributed by atoms with E-state index >= 15 is 0 Å². The zero-order chi connectivity index (χ0) is 35.8. The number of rotatable bonds is 7. The zero-order valence-electron chi connectivity index (χ0n) is 29.4. The lowest BCUT2D eigenvalue weighted by Crippen LogP contribution is -2.09. The molecule has 0 bridgehead atoms. The fourth-order valence-electron chi connectivity index (χ4n) is 7.46. The van der Waals surface area contributed by atoms with E-state index in [0.717, 1.165) is 55.6 Å². The van der Waals surface area contributed by atoms with Crippen molar-refractivity contribution in [1.29, 1.82) is 0 Å². The lowest BCUT2D eigenvalue weighted by atomic mass is 9.97. The second-order valence-electron chi connectivity index (χ2n) is 13.6. The Hall–Kier alpha value is -7.23. The van der Waals surface area contributed by atoms with Crippen LogP contribution in [-0.4, -0.2) is 4.98 Å². The number of benzene rings is 9. The summed E-state index contributed by atoms with van der Waals surface area (Å²) in [7, 11) is 0. The Morgan fingerprint density at radius 3 is 1.41 bits per heavy atom. The van der Waals surface area contributed by atoms with Crippen LogP contribution in [-0.2, 0) is 0 Å². The highest BCUT2D eigenvalue weighted by molar-refractivity contribution is 6.06. The Bertz CT molecular complexity index is 2820. The molecule has 0 saturated carbocycles. The van der Waals surface area contributed by atoms with Crippen molar-refractivity contribution in [2.24, 2.45) is 0 Å². The maximum Gasteiger partial charge on any atom is 0.227 e. The maximum absolute atomic E-state index is 6.22. The molecule has 0 radical (unpaired) electrons. The summed E-state index contributed by atoms with van der Waals surface area (Å²) >= 11 is 0. The summed E-state index contributed by atoms with van der Waals surface area (Å²) < 4.78 is 6.22. The highest BCUT2D eigenvalue weighted by Crippen LogP contribution is 2.39. The van der Waals surface area contributed by atoms with Gasteiger partial charge in [0.25, 0.3) is 0 Å². The molecule has 3 heteroatoms. The summed E-state index contributed by atoms with van der Waals surface area (Å²) in [6.07, 6.45) is 0. The van der Waals surface area contributed by atoms with Crippen LogP contribution in [0.25, 0.3) is 77.5 Å². The Morgan fingerprint density at radius 1 is 0.333 bits per heavy atom. The first kappa shape index (κ1) is 31.5. The fourth-order valence-corrected chi connectivity index (χ4v) is 7.46. The van der Waals surface area contributed by atoms with Crippen LogP contribution in [0.3, 0.4) is 0 Å². The average molecular weight is 691 g/mol. The van der Waals surface area contributed by atoms with Crippen molar-refractivity contribution < 1.29 is 4.42 Å². The summed E-state index contributed by atoms with van der Waals surface area (Å²) in [5.74, 6) is 0.635. The summed E-state index contributed by atoms with van der Waals surface area (Å²) in [5, 5.41) is 4.57. The molecule has 0 amide bonds. The van der Waals surface area contributed by atoms with E-state index in [2.05, 4.69) is 175 Å². The van der Waals surface area contributed by atoms with E-state index in [9.17, 15) is 0 Å². The summed E-state index contributed by atoms with van der Waals surface area (Å²) in [6.45, 7) is 0. The molecule has 0 fully saturated rings. The van der Waals surface area contributed by atoms with Gasteiger partial charge in [-0.15, -0.1) is 0 Å². The van der Waals surface area contributed by atoms with E-state index in [-0.39, 0.29) is 0 Å². The molecule has 3 nitrogen and oxygen atoms in total. The second-order valence-corrected chi connectivity index (χ2v) is 13.6. The maximum atomic E-state index is 6.22. The molecule has 0 N–H and O–H groups in total. The first-order valence-corrected chi connectivity index (χ1v) is 18.3. The molecule has 1 heterocycles. The van der Waals surface area contributed by atoms with Crippen molar-refractivity contribution in [3.8, 4) is 44.8 Å². The number of nitrogens with zero attached hydrogens (tertiary/aromatic N) is 2. The van der Waals surface area contributed by atoms with Crippen molar-refractivity contribution in [2.45, 2.75) is 0 Å². The fraction of sp³-hybridized carbons (Fsp3) is 0. The van der Waals surface area contributed by atoms with Gasteiger partial charge >= 0.3 is 0 Å². The highest BCUT2D eigenvalue weighted by atomic mass is 16.3. The third kappa shape index (κ3) is 5.88. The number of fused-ring (bicyclic) bond motifs is 4. The van der Waals surface area contributed by atoms with Gasteiger partial charge in [0.15, 0.2) is 5.58 Å². The van der Waals surface area contributed by atoms with Gasteiger partial charge in [0, 0.05) is 28.0 Å². The zero-order valence-corrected chi connectivity index (χ0v) is 29.4. The van der Waals surface area contributed by atoms with Crippen LogP contribution in [0.15, 0.2) is 211 Å². The van der Waals surface area contributed by atoms with Crippen molar-refractivity contribution in [1.82, 2.24) is 4.98 Å². The third-order valence-electron chi connectivity index (χ3n) is 10.3. The van der Waals surface area contributed by atoms with Gasteiger partial charge in [0.2, 0.25) is 5.89 Å². The van der Waals surface area contributed by atoms with Crippen molar-refractivity contribution in [3.05, 3.63) is 206 Å². The Balaban J connectivity index is 1.05. The van der Waals surface area contributed by atoms with Gasteiger partial charge in [-0.05, 0) is 116 Å². The van der Waals surface area contributed by atoms with Crippen LogP contribution in [0.4, 0.5) is 17.1 Å². The lowest BCUT2D eigenvalue weighted by Gasteiger charge is -2.26. The van der Waals surface area contributed by atoms with Crippen LogP contribution in [0.2, 0.25) is 0 Å². The highest BCUT2D eigenvalue weighted by Gasteiger charge is 2.16.